The fourth-order valence-corrected chi connectivity index (χ4v) is 1.09. The highest BCUT2D eigenvalue weighted by Crippen LogP contribution is 2.06. The van der Waals surface area contributed by atoms with E-state index in [2.05, 4.69) is 12.5 Å². The summed E-state index contributed by atoms with van der Waals surface area (Å²) in [7, 11) is 1.56. The molecule has 0 amide bonds. The molecule has 11 heavy (non-hydrogen) atoms. The number of thiol groups is 1. The van der Waals surface area contributed by atoms with Crippen LogP contribution >= 0.6 is 12.5 Å². The molecule has 0 unspecified atom stereocenters. The molecule has 0 heterocycles. The van der Waals surface area contributed by atoms with Gasteiger partial charge in [0.15, 0.2) is 0 Å². The van der Waals surface area contributed by atoms with Gasteiger partial charge in [0, 0.05) is 5.46 Å². The fourth-order valence-electron chi connectivity index (χ4n) is 0.880. The first-order valence-electron chi connectivity index (χ1n) is 3.24. The molecule has 1 rings (SSSR count). The van der Waals surface area contributed by atoms with Crippen LogP contribution in [0, 0.1) is 0 Å². The Morgan fingerprint density at radius 1 is 1.45 bits per heavy atom. The molecule has 0 radical (unpaired) electrons. The Morgan fingerprint density at radius 3 is 2.55 bits per heavy atom. The molecule has 4 heteroatoms. The average Bonchev–Trinajstić information content (AvgIpc) is 2.04. The van der Waals surface area contributed by atoms with Crippen molar-refractivity contribution in [3.05, 3.63) is 24.3 Å². The molecule has 1 aromatic carbocycles. The standard InChI is InChI=1S/C7H9BO2S/c1-10-7-5-3-2-4-6(7)8(9)11/h2-5,9,11H,1H3. The first-order chi connectivity index (χ1) is 5.25. The molecule has 1 aromatic rings. The largest absolute Gasteiger partial charge is 0.497 e. The van der Waals surface area contributed by atoms with E-state index in [0.717, 1.165) is 0 Å². The molecule has 0 aliphatic heterocycles. The van der Waals surface area contributed by atoms with Crippen LogP contribution in [0.5, 0.6) is 5.75 Å². The van der Waals surface area contributed by atoms with Crippen molar-refractivity contribution >= 4 is 24.1 Å². The molecule has 0 spiro atoms. The monoisotopic (exact) mass is 168 g/mol. The summed E-state index contributed by atoms with van der Waals surface area (Å²) in [5.41, 5.74) is 0.693. The van der Waals surface area contributed by atoms with Crippen LogP contribution in [0.2, 0.25) is 0 Å². The predicted molar refractivity (Wildman–Crippen MR) is 49.6 cm³/mol. The summed E-state index contributed by atoms with van der Waals surface area (Å²) in [6.45, 7) is 0. The zero-order chi connectivity index (χ0) is 8.27. The van der Waals surface area contributed by atoms with Gasteiger partial charge < -0.3 is 9.76 Å². The van der Waals surface area contributed by atoms with Crippen molar-refractivity contribution in [2.45, 2.75) is 0 Å². The van der Waals surface area contributed by atoms with Crippen LogP contribution in [-0.2, 0) is 0 Å². The smallest absolute Gasteiger partial charge is 0.394 e. The highest BCUT2D eigenvalue weighted by atomic mass is 32.1. The summed E-state index contributed by atoms with van der Waals surface area (Å²) in [4.78, 5) is 0. The van der Waals surface area contributed by atoms with Crippen LogP contribution in [0.25, 0.3) is 0 Å². The molecule has 0 saturated heterocycles. The SMILES string of the molecule is COc1ccccc1B(O)S. The molecule has 2 nitrogen and oxygen atoms in total. The Balaban J connectivity index is 3.02. The normalized spacial score (nSPS) is 9.36. The van der Waals surface area contributed by atoms with E-state index >= 15 is 0 Å². The van der Waals surface area contributed by atoms with Gasteiger partial charge in [0.25, 0.3) is 0 Å². The van der Waals surface area contributed by atoms with Gasteiger partial charge in [-0.05, 0) is 6.07 Å². The Hall–Kier alpha value is -0.605. The predicted octanol–water partition coefficient (Wildman–Crippen LogP) is 0.312. The lowest BCUT2D eigenvalue weighted by atomic mass is 9.86. The second kappa shape index (κ2) is 3.69. The first-order valence-corrected chi connectivity index (χ1v) is 3.76. The van der Waals surface area contributed by atoms with Gasteiger partial charge in [-0.15, -0.1) is 0 Å². The lowest BCUT2D eigenvalue weighted by Gasteiger charge is -2.06. The van der Waals surface area contributed by atoms with Crippen molar-refractivity contribution in [1.82, 2.24) is 0 Å². The van der Waals surface area contributed by atoms with E-state index < -0.39 is 6.19 Å². The lowest BCUT2D eigenvalue weighted by Crippen LogP contribution is -2.25. The Morgan fingerprint density at radius 2 is 2.09 bits per heavy atom. The highest BCUT2D eigenvalue weighted by molar-refractivity contribution is 8.11. The molecule has 0 fully saturated rings. The van der Waals surface area contributed by atoms with Crippen LogP contribution < -0.4 is 10.2 Å². The van der Waals surface area contributed by atoms with E-state index in [-0.39, 0.29) is 0 Å². The van der Waals surface area contributed by atoms with Crippen molar-refractivity contribution in [3.63, 3.8) is 0 Å². The summed E-state index contributed by atoms with van der Waals surface area (Å²) in [5.74, 6) is 0.662. The van der Waals surface area contributed by atoms with E-state index in [1.54, 1.807) is 19.2 Å². The molecule has 0 atom stereocenters. The van der Waals surface area contributed by atoms with Gasteiger partial charge in [-0.2, -0.15) is 12.5 Å². The number of rotatable bonds is 2. The maximum atomic E-state index is 9.12. The number of para-hydroxylation sites is 1. The van der Waals surface area contributed by atoms with Crippen LogP contribution in [0.1, 0.15) is 0 Å². The van der Waals surface area contributed by atoms with Crippen molar-refractivity contribution in [2.75, 3.05) is 7.11 Å². The van der Waals surface area contributed by atoms with E-state index in [1.165, 1.54) is 0 Å². The average molecular weight is 168 g/mol. The van der Waals surface area contributed by atoms with Crippen molar-refractivity contribution in [3.8, 4) is 5.75 Å². The molecule has 58 valence electrons. The number of hydrogen-bond acceptors (Lipinski definition) is 3. The van der Waals surface area contributed by atoms with E-state index in [4.69, 9.17) is 9.76 Å². The number of hydrogen-bond donors (Lipinski definition) is 2. The third-order valence-corrected chi connectivity index (χ3v) is 1.70. The molecule has 1 N–H and O–H groups in total. The maximum absolute atomic E-state index is 9.12. The zero-order valence-electron chi connectivity index (χ0n) is 6.19. The van der Waals surface area contributed by atoms with Crippen molar-refractivity contribution < 1.29 is 9.76 Å². The van der Waals surface area contributed by atoms with Crippen LogP contribution in [0.3, 0.4) is 0 Å². The van der Waals surface area contributed by atoms with E-state index in [9.17, 15) is 0 Å². The molecule has 0 aliphatic carbocycles. The molecule has 0 aliphatic rings. The second-order valence-corrected chi connectivity index (χ2v) is 2.60. The van der Waals surface area contributed by atoms with Crippen molar-refractivity contribution in [2.24, 2.45) is 0 Å². The highest BCUT2D eigenvalue weighted by Gasteiger charge is 2.12. The molecular formula is C7H9BO2S. The molecule has 0 saturated carbocycles. The zero-order valence-corrected chi connectivity index (χ0v) is 7.08. The van der Waals surface area contributed by atoms with E-state index in [0.29, 0.717) is 11.2 Å². The number of ether oxygens (including phenoxy) is 1. The first kappa shape index (κ1) is 8.49. The number of methoxy groups -OCH3 is 1. The third kappa shape index (κ3) is 1.91. The molecule has 0 aromatic heterocycles. The van der Waals surface area contributed by atoms with E-state index in [1.807, 2.05) is 12.1 Å². The summed E-state index contributed by atoms with van der Waals surface area (Å²) in [6.07, 6.45) is -0.772. The van der Waals surface area contributed by atoms with Gasteiger partial charge in [-0.25, -0.2) is 0 Å². The van der Waals surface area contributed by atoms with Gasteiger partial charge in [0.05, 0.1) is 7.11 Å². The molecule has 0 bridgehead atoms. The summed E-state index contributed by atoms with van der Waals surface area (Å²) < 4.78 is 5.00. The minimum absolute atomic E-state index is 0.662. The van der Waals surface area contributed by atoms with Gasteiger partial charge in [-0.1, -0.05) is 18.2 Å². The topological polar surface area (TPSA) is 29.5 Å². The third-order valence-electron chi connectivity index (χ3n) is 1.42. The van der Waals surface area contributed by atoms with Gasteiger partial charge >= 0.3 is 6.19 Å². The summed E-state index contributed by atoms with van der Waals surface area (Å²) in [6, 6.07) is 7.24. The van der Waals surface area contributed by atoms with Gasteiger partial charge in [0.2, 0.25) is 0 Å². The van der Waals surface area contributed by atoms with Gasteiger partial charge in [0.1, 0.15) is 5.75 Å². The Kier molecular flexibility index (Phi) is 2.85. The summed E-state index contributed by atoms with van der Waals surface area (Å²) >= 11 is 3.89. The molecular weight excluding hydrogens is 159 g/mol. The Labute approximate surface area is 71.6 Å². The van der Waals surface area contributed by atoms with Crippen molar-refractivity contribution in [1.29, 1.82) is 0 Å². The minimum atomic E-state index is -0.772. The van der Waals surface area contributed by atoms with Gasteiger partial charge in [-0.3, -0.25) is 0 Å². The maximum Gasteiger partial charge on any atom is 0.394 e. The number of benzene rings is 1. The Bertz CT molecular complexity index is 240. The van der Waals surface area contributed by atoms with Crippen LogP contribution in [0.15, 0.2) is 24.3 Å². The van der Waals surface area contributed by atoms with Crippen LogP contribution in [0.4, 0.5) is 0 Å². The lowest BCUT2D eigenvalue weighted by molar-refractivity contribution is 0.417. The van der Waals surface area contributed by atoms with Crippen LogP contribution in [-0.4, -0.2) is 18.3 Å². The second-order valence-electron chi connectivity index (χ2n) is 2.12. The summed E-state index contributed by atoms with van der Waals surface area (Å²) in [5, 5.41) is 9.12. The quantitative estimate of drug-likeness (QED) is 0.491. The fraction of sp³-hybridized carbons (Fsp3) is 0.143. The minimum Gasteiger partial charge on any atom is -0.497 e.